The van der Waals surface area contributed by atoms with Gasteiger partial charge in [-0.2, -0.15) is 0 Å². The summed E-state index contributed by atoms with van der Waals surface area (Å²) in [5.74, 6) is 1.03. The first-order valence-corrected chi connectivity index (χ1v) is 5.42. The first-order valence-electron chi connectivity index (χ1n) is 5.42. The Morgan fingerprint density at radius 1 is 1.29 bits per heavy atom. The van der Waals surface area contributed by atoms with Gasteiger partial charge in [0.25, 0.3) is 0 Å². The van der Waals surface area contributed by atoms with Crippen LogP contribution in [0.2, 0.25) is 0 Å². The Balaban J connectivity index is 3.22. The highest BCUT2D eigenvalue weighted by Gasteiger charge is 2.15. The normalized spacial score (nSPS) is 12.0. The number of ether oxygens (including phenoxy) is 2. The molecule has 17 heavy (non-hydrogen) atoms. The second-order valence-electron chi connectivity index (χ2n) is 3.84. The van der Waals surface area contributed by atoms with E-state index < -0.39 is 6.67 Å². The summed E-state index contributed by atoms with van der Waals surface area (Å²) < 4.78 is 23.2. The van der Waals surface area contributed by atoms with E-state index in [1.165, 1.54) is 14.2 Å². The van der Waals surface area contributed by atoms with Gasteiger partial charge in [0.05, 0.1) is 14.2 Å². The lowest BCUT2D eigenvalue weighted by atomic mass is 9.93. The van der Waals surface area contributed by atoms with Crippen LogP contribution in [0.15, 0.2) is 12.1 Å². The number of rotatable bonds is 6. The maximum atomic E-state index is 13.0. The molecule has 0 saturated heterocycles. The van der Waals surface area contributed by atoms with Gasteiger partial charge >= 0.3 is 0 Å². The van der Waals surface area contributed by atoms with Crippen LogP contribution in [0.3, 0.4) is 0 Å². The molecule has 0 amide bonds. The highest BCUT2D eigenvalue weighted by atomic mass is 19.1. The minimum absolute atomic E-state index is 0.0296. The second-order valence-corrected chi connectivity index (χ2v) is 3.84. The number of halogens is 1. The zero-order valence-electron chi connectivity index (χ0n) is 10.3. The van der Waals surface area contributed by atoms with Crippen molar-refractivity contribution in [2.75, 3.05) is 14.2 Å². The Hall–Kier alpha value is -1.58. The van der Waals surface area contributed by atoms with Crippen molar-refractivity contribution in [2.24, 2.45) is 0 Å². The van der Waals surface area contributed by atoms with Crippen LogP contribution in [0, 0.1) is 0 Å². The molecule has 1 rings (SSSR count). The zero-order chi connectivity index (χ0) is 12.8. The minimum atomic E-state index is -0.584. The monoisotopic (exact) mass is 240 g/mol. The largest absolute Gasteiger partial charge is 0.493 e. The van der Waals surface area contributed by atoms with Crippen molar-refractivity contribution in [1.82, 2.24) is 0 Å². The van der Waals surface area contributed by atoms with Gasteiger partial charge in [-0.25, -0.2) is 4.39 Å². The van der Waals surface area contributed by atoms with Crippen molar-refractivity contribution in [3.63, 3.8) is 0 Å². The molecule has 0 radical (unpaired) electrons. The van der Waals surface area contributed by atoms with E-state index in [0.717, 1.165) is 11.8 Å². The maximum absolute atomic E-state index is 13.0. The first kappa shape index (κ1) is 13.5. The topological polar surface area (TPSA) is 35.5 Å². The summed E-state index contributed by atoms with van der Waals surface area (Å²) >= 11 is 0. The predicted octanol–water partition coefficient (Wildman–Crippen LogP) is 2.87. The number of benzene rings is 1. The number of methoxy groups -OCH3 is 2. The third-order valence-electron chi connectivity index (χ3n) is 2.77. The van der Waals surface area contributed by atoms with E-state index in [0.29, 0.717) is 23.5 Å². The number of alkyl halides is 1. The van der Waals surface area contributed by atoms with E-state index in [4.69, 9.17) is 9.47 Å². The lowest BCUT2D eigenvalue weighted by molar-refractivity contribution is -0.108. The number of carbonyl (C=O) groups is 1. The van der Waals surface area contributed by atoms with Crippen LogP contribution in [0.25, 0.3) is 0 Å². The first-order chi connectivity index (χ1) is 8.17. The average Bonchev–Trinajstić information content (AvgIpc) is 2.37. The summed E-state index contributed by atoms with van der Waals surface area (Å²) in [4.78, 5) is 10.5. The molecule has 0 aromatic heterocycles. The molecule has 0 N–H and O–H groups in total. The van der Waals surface area contributed by atoms with Crippen LogP contribution < -0.4 is 9.47 Å². The molecule has 0 fully saturated rings. The van der Waals surface area contributed by atoms with Crippen molar-refractivity contribution in [1.29, 1.82) is 0 Å². The Labute approximate surface area is 101 Å². The average molecular weight is 240 g/mol. The van der Waals surface area contributed by atoms with Crippen LogP contribution in [-0.2, 0) is 11.5 Å². The van der Waals surface area contributed by atoms with E-state index in [2.05, 4.69) is 0 Å². The molecular formula is C13H17FO3. The predicted molar refractivity (Wildman–Crippen MR) is 63.5 cm³/mol. The third kappa shape index (κ3) is 2.96. The fourth-order valence-electron chi connectivity index (χ4n) is 1.78. The van der Waals surface area contributed by atoms with Gasteiger partial charge in [0.1, 0.15) is 13.0 Å². The van der Waals surface area contributed by atoms with Gasteiger partial charge in [-0.05, 0) is 29.2 Å². The molecule has 0 spiro atoms. The number of hydrogen-bond acceptors (Lipinski definition) is 3. The zero-order valence-corrected chi connectivity index (χ0v) is 10.3. The fraction of sp³-hybridized carbons (Fsp3) is 0.462. The molecule has 0 saturated carbocycles. The molecule has 0 aliphatic carbocycles. The smallest absolute Gasteiger partial charge is 0.161 e. The number of carbonyl (C=O) groups excluding carboxylic acids is 1. The summed E-state index contributed by atoms with van der Waals surface area (Å²) in [5, 5.41) is 0. The Morgan fingerprint density at radius 2 is 1.88 bits per heavy atom. The molecular weight excluding hydrogens is 223 g/mol. The molecule has 0 heterocycles. The molecule has 4 heteroatoms. The standard InChI is InChI=1S/C13H17FO3/c1-9(4-5-15)11-7-13(17-3)12(16-2)6-10(11)8-14/h5-7,9H,4,8H2,1-3H3. The van der Waals surface area contributed by atoms with Crippen molar-refractivity contribution < 1.29 is 18.7 Å². The summed E-state index contributed by atoms with van der Waals surface area (Å²) in [5.41, 5.74) is 1.33. The molecule has 1 aromatic carbocycles. The van der Waals surface area contributed by atoms with Gasteiger partial charge in [-0.1, -0.05) is 6.92 Å². The Kier molecular flexibility index (Phi) is 4.94. The molecule has 1 atom stereocenters. The van der Waals surface area contributed by atoms with Gasteiger partial charge in [0.15, 0.2) is 11.5 Å². The van der Waals surface area contributed by atoms with Crippen molar-refractivity contribution in [3.8, 4) is 11.5 Å². The van der Waals surface area contributed by atoms with E-state index in [1.54, 1.807) is 12.1 Å². The van der Waals surface area contributed by atoms with Crippen molar-refractivity contribution >= 4 is 6.29 Å². The molecule has 1 aromatic rings. The van der Waals surface area contributed by atoms with Gasteiger partial charge in [0.2, 0.25) is 0 Å². The molecule has 0 bridgehead atoms. The Morgan fingerprint density at radius 3 is 2.35 bits per heavy atom. The fourth-order valence-corrected chi connectivity index (χ4v) is 1.78. The quantitative estimate of drug-likeness (QED) is 0.717. The molecule has 0 aliphatic rings. The van der Waals surface area contributed by atoms with E-state index in [1.807, 2.05) is 6.92 Å². The third-order valence-corrected chi connectivity index (χ3v) is 2.77. The van der Waals surface area contributed by atoms with Crippen LogP contribution in [-0.4, -0.2) is 20.5 Å². The van der Waals surface area contributed by atoms with Gasteiger partial charge in [0, 0.05) is 6.42 Å². The summed E-state index contributed by atoms with van der Waals surface area (Å²) in [6, 6.07) is 3.36. The minimum Gasteiger partial charge on any atom is -0.493 e. The molecule has 0 aliphatic heterocycles. The van der Waals surface area contributed by atoms with Gasteiger partial charge < -0.3 is 14.3 Å². The van der Waals surface area contributed by atoms with Gasteiger partial charge in [-0.3, -0.25) is 0 Å². The number of hydrogen-bond donors (Lipinski definition) is 0. The van der Waals surface area contributed by atoms with Crippen LogP contribution >= 0.6 is 0 Å². The Bertz CT molecular complexity index is 390. The van der Waals surface area contributed by atoms with Crippen molar-refractivity contribution in [3.05, 3.63) is 23.3 Å². The second kappa shape index (κ2) is 6.23. The summed E-state index contributed by atoms with van der Waals surface area (Å²) in [6.45, 7) is 1.30. The van der Waals surface area contributed by atoms with Crippen LogP contribution in [0.5, 0.6) is 11.5 Å². The maximum Gasteiger partial charge on any atom is 0.161 e. The van der Waals surface area contributed by atoms with Gasteiger partial charge in [-0.15, -0.1) is 0 Å². The number of aldehydes is 1. The van der Waals surface area contributed by atoms with E-state index in [-0.39, 0.29) is 5.92 Å². The van der Waals surface area contributed by atoms with Crippen molar-refractivity contribution in [2.45, 2.75) is 25.9 Å². The molecule has 1 unspecified atom stereocenters. The summed E-state index contributed by atoms with van der Waals surface area (Å²) in [6.07, 6.45) is 1.20. The van der Waals surface area contributed by atoms with Crippen LogP contribution in [0.1, 0.15) is 30.4 Å². The highest BCUT2D eigenvalue weighted by Crippen LogP contribution is 2.35. The van der Waals surface area contributed by atoms with E-state index in [9.17, 15) is 9.18 Å². The summed E-state index contributed by atoms with van der Waals surface area (Å²) in [7, 11) is 3.04. The SMILES string of the molecule is COc1cc(CF)c(C(C)CC=O)cc1OC. The lowest BCUT2D eigenvalue weighted by Gasteiger charge is -2.16. The van der Waals surface area contributed by atoms with E-state index >= 15 is 0 Å². The lowest BCUT2D eigenvalue weighted by Crippen LogP contribution is -2.02. The molecule has 94 valence electrons. The molecule has 3 nitrogen and oxygen atoms in total. The highest BCUT2D eigenvalue weighted by molar-refractivity contribution is 5.54. The van der Waals surface area contributed by atoms with Crippen LogP contribution in [0.4, 0.5) is 4.39 Å².